The molecule has 0 atom stereocenters. The molecule has 0 aliphatic heterocycles. The average Bonchev–Trinajstić information content (AvgIpc) is 2.29. The number of aromatic nitrogens is 2. The number of H-pyrrole nitrogens is 1. The molecule has 0 spiro atoms. The molecule has 1 aromatic carbocycles. The number of aromatic amines is 1. The van der Waals surface area contributed by atoms with Crippen LogP contribution in [0.4, 0.5) is 0 Å². The van der Waals surface area contributed by atoms with Gasteiger partial charge in [-0.3, -0.25) is 4.79 Å². The second kappa shape index (κ2) is 3.96. The summed E-state index contributed by atoms with van der Waals surface area (Å²) in [6, 6.07) is 8.87. The molecule has 0 aliphatic rings. The number of nitrogens with zero attached hydrogens (tertiary/aromatic N) is 1. The van der Waals surface area contributed by atoms with Crippen LogP contribution in [0.3, 0.4) is 0 Å². The van der Waals surface area contributed by atoms with Gasteiger partial charge in [-0.2, -0.15) is 0 Å². The molecule has 0 aliphatic carbocycles. The maximum Gasteiger partial charge on any atom is 0.251 e. The summed E-state index contributed by atoms with van der Waals surface area (Å²) >= 11 is 0. The van der Waals surface area contributed by atoms with Crippen LogP contribution in [0.2, 0.25) is 0 Å². The highest BCUT2D eigenvalue weighted by Crippen LogP contribution is 2.20. The minimum atomic E-state index is -0.164. The summed E-state index contributed by atoms with van der Waals surface area (Å²) in [5.74, 6) is 0.745. The fourth-order valence-corrected chi connectivity index (χ4v) is 1.31. The van der Waals surface area contributed by atoms with Crippen molar-refractivity contribution in [2.75, 3.05) is 7.11 Å². The molecule has 4 heteroatoms. The minimum Gasteiger partial charge on any atom is -0.497 e. The Hall–Kier alpha value is -2.10. The van der Waals surface area contributed by atoms with Crippen LogP contribution in [0.5, 0.6) is 5.75 Å². The third-order valence-corrected chi connectivity index (χ3v) is 2.04. The van der Waals surface area contributed by atoms with Crippen molar-refractivity contribution in [2.45, 2.75) is 0 Å². The van der Waals surface area contributed by atoms with Crippen LogP contribution >= 0.6 is 0 Å². The summed E-state index contributed by atoms with van der Waals surface area (Å²) in [7, 11) is 1.60. The second-order valence-electron chi connectivity index (χ2n) is 3.03. The summed E-state index contributed by atoms with van der Waals surface area (Å²) < 4.78 is 5.09. The molecule has 0 unspecified atom stereocenters. The standard InChI is InChI=1S/C11H10N2O2/c1-15-9-4-2-3-8(5-9)10-6-11(14)13-7-12-10/h2-7H,1H3,(H,12,13,14). The second-order valence-corrected chi connectivity index (χ2v) is 3.03. The summed E-state index contributed by atoms with van der Waals surface area (Å²) in [6.45, 7) is 0. The first-order chi connectivity index (χ1) is 7.29. The van der Waals surface area contributed by atoms with Gasteiger partial charge in [-0.1, -0.05) is 12.1 Å². The lowest BCUT2D eigenvalue weighted by atomic mass is 10.1. The SMILES string of the molecule is COc1cccc(-c2cc(=O)[nH]cn2)c1. The third kappa shape index (κ3) is 2.04. The van der Waals surface area contributed by atoms with Gasteiger partial charge in [-0.05, 0) is 12.1 Å². The predicted octanol–water partition coefficient (Wildman–Crippen LogP) is 1.45. The Morgan fingerprint density at radius 2 is 2.20 bits per heavy atom. The highest BCUT2D eigenvalue weighted by Gasteiger charge is 2.00. The van der Waals surface area contributed by atoms with Gasteiger partial charge in [-0.25, -0.2) is 4.98 Å². The number of hydrogen-bond donors (Lipinski definition) is 1. The number of benzene rings is 1. The van der Waals surface area contributed by atoms with Crippen LogP contribution in [-0.2, 0) is 0 Å². The van der Waals surface area contributed by atoms with Crippen molar-refractivity contribution in [3.63, 3.8) is 0 Å². The maximum atomic E-state index is 11.1. The number of hydrogen-bond acceptors (Lipinski definition) is 3. The first-order valence-corrected chi connectivity index (χ1v) is 4.49. The molecule has 2 aromatic rings. The van der Waals surface area contributed by atoms with Crippen LogP contribution in [0, 0.1) is 0 Å². The van der Waals surface area contributed by atoms with Crippen molar-refractivity contribution in [1.82, 2.24) is 9.97 Å². The fourth-order valence-electron chi connectivity index (χ4n) is 1.31. The van der Waals surface area contributed by atoms with Gasteiger partial charge in [0.05, 0.1) is 19.1 Å². The summed E-state index contributed by atoms with van der Waals surface area (Å²) in [5, 5.41) is 0. The highest BCUT2D eigenvalue weighted by atomic mass is 16.5. The highest BCUT2D eigenvalue weighted by molar-refractivity contribution is 5.60. The van der Waals surface area contributed by atoms with Gasteiger partial charge in [0, 0.05) is 11.6 Å². The van der Waals surface area contributed by atoms with E-state index in [0.717, 1.165) is 11.3 Å². The summed E-state index contributed by atoms with van der Waals surface area (Å²) in [5.41, 5.74) is 1.33. The van der Waals surface area contributed by atoms with Crippen LogP contribution in [0.25, 0.3) is 11.3 Å². The number of ether oxygens (including phenoxy) is 1. The molecular formula is C11H10N2O2. The van der Waals surface area contributed by atoms with E-state index in [9.17, 15) is 4.79 Å². The Balaban J connectivity index is 2.49. The van der Waals surface area contributed by atoms with E-state index in [1.54, 1.807) is 7.11 Å². The van der Waals surface area contributed by atoms with Crippen molar-refractivity contribution in [3.05, 3.63) is 47.0 Å². The molecule has 2 rings (SSSR count). The fraction of sp³-hybridized carbons (Fsp3) is 0.0909. The number of nitrogens with one attached hydrogen (secondary N) is 1. The Bertz CT molecular complexity index is 520. The molecule has 0 saturated heterocycles. The van der Waals surface area contributed by atoms with Gasteiger partial charge >= 0.3 is 0 Å². The normalized spacial score (nSPS) is 9.93. The van der Waals surface area contributed by atoms with E-state index in [2.05, 4.69) is 9.97 Å². The lowest BCUT2D eigenvalue weighted by Crippen LogP contribution is -2.04. The monoisotopic (exact) mass is 202 g/mol. The summed E-state index contributed by atoms with van der Waals surface area (Å²) in [6.07, 6.45) is 1.39. The number of methoxy groups -OCH3 is 1. The van der Waals surface area contributed by atoms with Gasteiger partial charge in [-0.15, -0.1) is 0 Å². The van der Waals surface area contributed by atoms with E-state index in [4.69, 9.17) is 4.74 Å². The Morgan fingerprint density at radius 3 is 2.93 bits per heavy atom. The lowest BCUT2D eigenvalue weighted by Gasteiger charge is -2.02. The largest absolute Gasteiger partial charge is 0.497 e. The van der Waals surface area contributed by atoms with E-state index in [-0.39, 0.29) is 5.56 Å². The Morgan fingerprint density at radius 1 is 1.33 bits per heavy atom. The molecule has 0 saturated carbocycles. The Labute approximate surface area is 86.6 Å². The molecule has 0 radical (unpaired) electrons. The molecule has 15 heavy (non-hydrogen) atoms. The van der Waals surface area contributed by atoms with Crippen molar-refractivity contribution < 1.29 is 4.74 Å². The lowest BCUT2D eigenvalue weighted by molar-refractivity contribution is 0.415. The van der Waals surface area contributed by atoms with Crippen LogP contribution in [0.15, 0.2) is 41.5 Å². The van der Waals surface area contributed by atoms with Gasteiger partial charge in [0.1, 0.15) is 5.75 Å². The van der Waals surface area contributed by atoms with Crippen molar-refractivity contribution in [2.24, 2.45) is 0 Å². The van der Waals surface area contributed by atoms with Gasteiger partial charge in [0.25, 0.3) is 5.56 Å². The molecular weight excluding hydrogens is 192 g/mol. The smallest absolute Gasteiger partial charge is 0.251 e. The molecule has 76 valence electrons. The van der Waals surface area contributed by atoms with Crippen molar-refractivity contribution >= 4 is 0 Å². The van der Waals surface area contributed by atoms with Crippen molar-refractivity contribution in [1.29, 1.82) is 0 Å². The van der Waals surface area contributed by atoms with Crippen LogP contribution < -0.4 is 10.3 Å². The molecule has 1 aromatic heterocycles. The minimum absolute atomic E-state index is 0.164. The first kappa shape index (κ1) is 9.45. The zero-order chi connectivity index (χ0) is 10.7. The van der Waals surface area contributed by atoms with Crippen molar-refractivity contribution in [3.8, 4) is 17.0 Å². The molecule has 0 fully saturated rings. The number of rotatable bonds is 2. The van der Waals surface area contributed by atoms with Crippen LogP contribution in [0.1, 0.15) is 0 Å². The van der Waals surface area contributed by atoms with Crippen LogP contribution in [-0.4, -0.2) is 17.1 Å². The van der Waals surface area contributed by atoms with E-state index in [1.165, 1.54) is 12.4 Å². The van der Waals surface area contributed by atoms with Gasteiger partial charge in [0.2, 0.25) is 0 Å². The van der Waals surface area contributed by atoms with E-state index >= 15 is 0 Å². The summed E-state index contributed by atoms with van der Waals surface area (Å²) in [4.78, 5) is 17.6. The van der Waals surface area contributed by atoms with E-state index in [1.807, 2.05) is 24.3 Å². The zero-order valence-electron chi connectivity index (χ0n) is 8.23. The molecule has 4 nitrogen and oxygen atoms in total. The topological polar surface area (TPSA) is 55.0 Å². The van der Waals surface area contributed by atoms with Gasteiger partial charge in [0.15, 0.2) is 0 Å². The Kier molecular flexibility index (Phi) is 2.49. The molecule has 0 amide bonds. The molecule has 0 bridgehead atoms. The quantitative estimate of drug-likeness (QED) is 0.801. The first-order valence-electron chi connectivity index (χ1n) is 4.49. The predicted molar refractivity (Wildman–Crippen MR) is 56.8 cm³/mol. The maximum absolute atomic E-state index is 11.1. The van der Waals surface area contributed by atoms with E-state index < -0.39 is 0 Å². The molecule has 1 N–H and O–H groups in total. The zero-order valence-corrected chi connectivity index (χ0v) is 8.23. The van der Waals surface area contributed by atoms with E-state index in [0.29, 0.717) is 5.69 Å². The average molecular weight is 202 g/mol. The third-order valence-electron chi connectivity index (χ3n) is 2.04. The van der Waals surface area contributed by atoms with Gasteiger partial charge < -0.3 is 9.72 Å². The molecule has 1 heterocycles.